The summed E-state index contributed by atoms with van der Waals surface area (Å²) in [4.78, 5) is 29.1. The number of amides is 2. The number of nitrogens with zero attached hydrogens (tertiary/aromatic N) is 2. The predicted molar refractivity (Wildman–Crippen MR) is 88.6 cm³/mol. The van der Waals surface area contributed by atoms with E-state index in [9.17, 15) is 9.59 Å². The lowest BCUT2D eigenvalue weighted by molar-refractivity contribution is -0.123. The van der Waals surface area contributed by atoms with Crippen molar-refractivity contribution in [1.82, 2.24) is 20.8 Å². The normalized spacial score (nSPS) is 16.0. The Hall–Kier alpha value is -2.22. The lowest BCUT2D eigenvalue weighted by Gasteiger charge is -2.26. The third-order valence-electron chi connectivity index (χ3n) is 4.17. The molecule has 0 spiro atoms. The van der Waals surface area contributed by atoms with Crippen molar-refractivity contribution in [3.63, 3.8) is 0 Å². The van der Waals surface area contributed by atoms with Gasteiger partial charge in [-0.25, -0.2) is 0 Å². The summed E-state index contributed by atoms with van der Waals surface area (Å²) in [5.74, 6) is 0.773. The molecule has 0 aliphatic heterocycles. The van der Waals surface area contributed by atoms with E-state index >= 15 is 0 Å². The molecule has 3 rings (SSSR count). The van der Waals surface area contributed by atoms with Crippen LogP contribution in [0.1, 0.15) is 53.5 Å². The second kappa shape index (κ2) is 7.12. The lowest BCUT2D eigenvalue weighted by Crippen LogP contribution is -2.45. The van der Waals surface area contributed by atoms with E-state index in [1.54, 1.807) is 13.0 Å². The van der Waals surface area contributed by atoms with Gasteiger partial charge in [0.15, 0.2) is 5.82 Å². The summed E-state index contributed by atoms with van der Waals surface area (Å²) in [7, 11) is 0. The molecule has 0 radical (unpaired) electrons. The molecule has 24 heavy (non-hydrogen) atoms. The molecule has 2 aromatic heterocycles. The van der Waals surface area contributed by atoms with Crippen molar-refractivity contribution in [2.45, 2.75) is 44.6 Å². The first-order chi connectivity index (χ1) is 11.6. The van der Waals surface area contributed by atoms with Crippen LogP contribution in [0.4, 0.5) is 0 Å². The van der Waals surface area contributed by atoms with Crippen molar-refractivity contribution in [1.29, 1.82) is 0 Å². The Morgan fingerprint density at radius 3 is 2.79 bits per heavy atom. The zero-order chi connectivity index (χ0) is 17.0. The van der Waals surface area contributed by atoms with Crippen molar-refractivity contribution in [3.05, 3.63) is 34.1 Å². The molecule has 128 valence electrons. The highest BCUT2D eigenvalue weighted by molar-refractivity contribution is 7.12. The molecule has 7 nitrogen and oxygen atoms in total. The number of thiophene rings is 1. The van der Waals surface area contributed by atoms with E-state index in [-0.39, 0.29) is 18.2 Å². The summed E-state index contributed by atoms with van der Waals surface area (Å²) >= 11 is 1.38. The second-order valence-corrected chi connectivity index (χ2v) is 6.91. The third kappa shape index (κ3) is 3.64. The topological polar surface area (TPSA) is 97.1 Å². The number of carbonyl (C=O) groups is 2. The zero-order valence-electron chi connectivity index (χ0n) is 13.5. The van der Waals surface area contributed by atoms with Crippen LogP contribution in [0.3, 0.4) is 0 Å². The van der Waals surface area contributed by atoms with Gasteiger partial charge in [-0.1, -0.05) is 24.1 Å². The molecule has 8 heteroatoms. The van der Waals surface area contributed by atoms with Gasteiger partial charge >= 0.3 is 0 Å². The maximum Gasteiger partial charge on any atom is 0.261 e. The molecule has 2 aromatic rings. The molecular weight excluding hydrogens is 328 g/mol. The van der Waals surface area contributed by atoms with Crippen LogP contribution in [-0.4, -0.2) is 28.5 Å². The first-order valence-corrected chi connectivity index (χ1v) is 8.90. The lowest BCUT2D eigenvalue weighted by atomic mass is 9.96. The molecule has 2 heterocycles. The van der Waals surface area contributed by atoms with Crippen LogP contribution in [0, 0.1) is 6.92 Å². The maximum absolute atomic E-state index is 12.3. The number of aromatic nitrogens is 2. The van der Waals surface area contributed by atoms with Crippen molar-refractivity contribution in [2.24, 2.45) is 0 Å². The molecule has 1 aliphatic carbocycles. The van der Waals surface area contributed by atoms with E-state index in [1.165, 1.54) is 11.3 Å². The second-order valence-electron chi connectivity index (χ2n) is 5.96. The SMILES string of the molecule is Cc1nc(C2(NC(=O)CCNC(=O)c3cccs3)CCCC2)no1. The molecule has 0 bridgehead atoms. The number of aryl methyl sites for hydroxylation is 1. The molecule has 2 amide bonds. The highest BCUT2D eigenvalue weighted by Gasteiger charge is 2.41. The molecule has 2 N–H and O–H groups in total. The fraction of sp³-hybridized carbons (Fsp3) is 0.500. The summed E-state index contributed by atoms with van der Waals surface area (Å²) in [5, 5.41) is 11.7. The fourth-order valence-corrected chi connectivity index (χ4v) is 3.63. The number of hydrogen-bond acceptors (Lipinski definition) is 6. The van der Waals surface area contributed by atoms with Crippen molar-refractivity contribution < 1.29 is 14.1 Å². The third-order valence-corrected chi connectivity index (χ3v) is 5.04. The largest absolute Gasteiger partial charge is 0.351 e. The summed E-state index contributed by atoms with van der Waals surface area (Å²) in [6.07, 6.45) is 3.86. The molecular formula is C16H20N4O3S. The standard InChI is InChI=1S/C16H20N4O3S/c1-11-18-15(20-23-11)16(7-2-3-8-16)19-13(21)6-9-17-14(22)12-5-4-10-24-12/h4-5,10H,2-3,6-9H2,1H3,(H,17,22)(H,19,21). The molecule has 0 atom stereocenters. The Labute approximate surface area is 143 Å². The quantitative estimate of drug-likeness (QED) is 0.834. The van der Waals surface area contributed by atoms with E-state index < -0.39 is 5.54 Å². The molecule has 0 unspecified atom stereocenters. The Kier molecular flexibility index (Phi) is 4.94. The Morgan fingerprint density at radius 2 is 2.17 bits per heavy atom. The maximum atomic E-state index is 12.3. The minimum Gasteiger partial charge on any atom is -0.351 e. The van der Waals surface area contributed by atoms with Crippen LogP contribution in [0.5, 0.6) is 0 Å². The van der Waals surface area contributed by atoms with Crippen LogP contribution in [0.25, 0.3) is 0 Å². The fourth-order valence-electron chi connectivity index (χ4n) is 2.99. The van der Waals surface area contributed by atoms with Gasteiger partial charge in [0.05, 0.1) is 4.88 Å². The molecule has 1 aliphatic rings. The Bertz CT molecular complexity index is 705. The van der Waals surface area contributed by atoms with E-state index in [4.69, 9.17) is 4.52 Å². The van der Waals surface area contributed by atoms with Crippen LogP contribution in [0.15, 0.2) is 22.0 Å². The van der Waals surface area contributed by atoms with Crippen LogP contribution < -0.4 is 10.6 Å². The molecule has 0 saturated heterocycles. The average molecular weight is 348 g/mol. The number of hydrogen-bond donors (Lipinski definition) is 2. The van der Waals surface area contributed by atoms with Gasteiger partial charge in [0, 0.05) is 19.9 Å². The highest BCUT2D eigenvalue weighted by atomic mass is 32.1. The van der Waals surface area contributed by atoms with Gasteiger partial charge in [0.1, 0.15) is 5.54 Å². The molecule has 0 aromatic carbocycles. The summed E-state index contributed by atoms with van der Waals surface area (Å²) in [6, 6.07) is 3.58. The van der Waals surface area contributed by atoms with Crippen molar-refractivity contribution in [2.75, 3.05) is 6.54 Å². The predicted octanol–water partition coefficient (Wildman–Crippen LogP) is 2.15. The molecule has 1 fully saturated rings. The monoisotopic (exact) mass is 348 g/mol. The van der Waals surface area contributed by atoms with Crippen LogP contribution in [0.2, 0.25) is 0 Å². The van der Waals surface area contributed by atoms with Gasteiger partial charge in [-0.05, 0) is 24.3 Å². The molecule has 1 saturated carbocycles. The van der Waals surface area contributed by atoms with Gasteiger partial charge in [-0.15, -0.1) is 11.3 Å². The van der Waals surface area contributed by atoms with Crippen molar-refractivity contribution in [3.8, 4) is 0 Å². The van der Waals surface area contributed by atoms with Crippen LogP contribution in [-0.2, 0) is 10.3 Å². The smallest absolute Gasteiger partial charge is 0.261 e. The van der Waals surface area contributed by atoms with Gasteiger partial charge < -0.3 is 15.2 Å². The average Bonchev–Trinajstić information content (AvgIpc) is 3.28. The van der Waals surface area contributed by atoms with Gasteiger partial charge in [0.25, 0.3) is 5.91 Å². The van der Waals surface area contributed by atoms with Crippen LogP contribution >= 0.6 is 11.3 Å². The van der Waals surface area contributed by atoms with Gasteiger partial charge in [0.2, 0.25) is 11.8 Å². The van der Waals surface area contributed by atoms with E-state index in [1.807, 2.05) is 11.4 Å². The minimum atomic E-state index is -0.535. The minimum absolute atomic E-state index is 0.120. The number of rotatable bonds is 6. The van der Waals surface area contributed by atoms with Gasteiger partial charge in [-0.2, -0.15) is 4.98 Å². The summed E-state index contributed by atoms with van der Waals surface area (Å²) < 4.78 is 5.07. The number of carbonyl (C=O) groups excluding carboxylic acids is 2. The van der Waals surface area contributed by atoms with E-state index in [0.717, 1.165) is 25.7 Å². The van der Waals surface area contributed by atoms with Crippen molar-refractivity contribution >= 4 is 23.2 Å². The first kappa shape index (κ1) is 16.6. The Morgan fingerprint density at radius 1 is 1.38 bits per heavy atom. The number of nitrogens with one attached hydrogen (secondary N) is 2. The Balaban J connectivity index is 1.54. The zero-order valence-corrected chi connectivity index (χ0v) is 14.3. The highest BCUT2D eigenvalue weighted by Crippen LogP contribution is 2.37. The van der Waals surface area contributed by atoms with Gasteiger partial charge in [-0.3, -0.25) is 9.59 Å². The first-order valence-electron chi connectivity index (χ1n) is 8.03. The van der Waals surface area contributed by atoms with E-state index in [2.05, 4.69) is 20.8 Å². The van der Waals surface area contributed by atoms with E-state index in [0.29, 0.717) is 23.1 Å². The summed E-state index contributed by atoms with van der Waals surface area (Å²) in [5.41, 5.74) is -0.535. The summed E-state index contributed by atoms with van der Waals surface area (Å²) in [6.45, 7) is 2.03.